The lowest BCUT2D eigenvalue weighted by atomic mass is 9.92. The second-order valence-electron chi connectivity index (χ2n) is 8.49. The number of esters is 1. The normalized spacial score (nSPS) is 11.5. The average molecular weight is 410 g/mol. The Morgan fingerprint density at radius 3 is 2.50 bits per heavy atom. The Balaban J connectivity index is 1.99. The van der Waals surface area contributed by atoms with Gasteiger partial charge in [-0.25, -0.2) is 9.18 Å². The predicted octanol–water partition coefficient (Wildman–Crippen LogP) is 5.38. The number of fused-ring (bicyclic) bond motifs is 1. The number of anilines is 1. The number of carbonyl (C=O) groups is 2. The van der Waals surface area contributed by atoms with Gasteiger partial charge in [0, 0.05) is 28.6 Å². The van der Waals surface area contributed by atoms with Crippen LogP contribution in [-0.4, -0.2) is 23.1 Å². The summed E-state index contributed by atoms with van der Waals surface area (Å²) in [6.07, 6.45) is 0.396. The van der Waals surface area contributed by atoms with Crippen LogP contribution in [0.15, 0.2) is 48.5 Å². The first-order valence-electron chi connectivity index (χ1n) is 10.0. The number of carbonyl (C=O) groups excluding carboxylic acids is 2. The topological polar surface area (TPSA) is 60.3 Å². The monoisotopic (exact) mass is 410 g/mol. The third-order valence-corrected chi connectivity index (χ3v) is 4.65. The van der Waals surface area contributed by atoms with Gasteiger partial charge in [-0.05, 0) is 42.7 Å². The molecular weight excluding hydrogens is 383 g/mol. The van der Waals surface area contributed by atoms with Gasteiger partial charge in [-0.1, -0.05) is 39.0 Å². The number of hydrogen-bond acceptors (Lipinski definition) is 3. The van der Waals surface area contributed by atoms with Crippen molar-refractivity contribution in [2.24, 2.45) is 5.41 Å². The molecule has 158 valence electrons. The van der Waals surface area contributed by atoms with Crippen molar-refractivity contribution in [3.63, 3.8) is 0 Å². The van der Waals surface area contributed by atoms with Gasteiger partial charge in [0.2, 0.25) is 5.91 Å². The summed E-state index contributed by atoms with van der Waals surface area (Å²) in [6, 6.07) is 13.6. The molecule has 3 aromatic rings. The third-order valence-electron chi connectivity index (χ3n) is 4.65. The number of halogens is 1. The summed E-state index contributed by atoms with van der Waals surface area (Å²) in [6.45, 7) is 8.19. The van der Waals surface area contributed by atoms with E-state index in [-0.39, 0.29) is 30.3 Å². The van der Waals surface area contributed by atoms with Gasteiger partial charge in [0.05, 0.1) is 13.2 Å². The summed E-state index contributed by atoms with van der Waals surface area (Å²) in [7, 11) is 0. The molecule has 0 aliphatic heterocycles. The molecule has 1 amide bonds. The van der Waals surface area contributed by atoms with Crippen LogP contribution in [0.2, 0.25) is 0 Å². The summed E-state index contributed by atoms with van der Waals surface area (Å²) in [5, 5.41) is 3.67. The number of rotatable bonds is 6. The fourth-order valence-electron chi connectivity index (χ4n) is 3.38. The molecule has 1 aromatic heterocycles. The van der Waals surface area contributed by atoms with Crippen molar-refractivity contribution in [1.82, 2.24) is 4.57 Å². The molecule has 0 unspecified atom stereocenters. The van der Waals surface area contributed by atoms with Gasteiger partial charge in [-0.2, -0.15) is 0 Å². The first-order chi connectivity index (χ1) is 14.2. The molecule has 0 fully saturated rings. The van der Waals surface area contributed by atoms with Crippen LogP contribution in [0.3, 0.4) is 0 Å². The molecule has 2 aromatic carbocycles. The lowest BCUT2D eigenvalue weighted by Crippen LogP contribution is -2.19. The molecule has 0 radical (unpaired) electrons. The van der Waals surface area contributed by atoms with Gasteiger partial charge in [0.25, 0.3) is 0 Å². The van der Waals surface area contributed by atoms with Crippen LogP contribution in [0, 0.1) is 11.2 Å². The number of aromatic nitrogens is 1. The molecule has 0 atom stereocenters. The van der Waals surface area contributed by atoms with Gasteiger partial charge < -0.3 is 14.6 Å². The van der Waals surface area contributed by atoms with Crippen molar-refractivity contribution < 1.29 is 18.7 Å². The molecule has 1 N–H and O–H groups in total. The maximum atomic E-state index is 14.2. The van der Waals surface area contributed by atoms with Crippen LogP contribution in [-0.2, 0) is 16.1 Å². The van der Waals surface area contributed by atoms with Crippen molar-refractivity contribution in [2.75, 3.05) is 11.9 Å². The van der Waals surface area contributed by atoms with E-state index >= 15 is 0 Å². The van der Waals surface area contributed by atoms with E-state index < -0.39 is 5.97 Å². The molecule has 0 bridgehead atoms. The molecule has 3 rings (SSSR count). The molecule has 0 spiro atoms. The minimum Gasteiger partial charge on any atom is -0.461 e. The zero-order valence-electron chi connectivity index (χ0n) is 17.8. The summed E-state index contributed by atoms with van der Waals surface area (Å²) in [5.74, 6) is -0.873. The first kappa shape index (κ1) is 21.6. The van der Waals surface area contributed by atoms with E-state index in [0.29, 0.717) is 23.4 Å². The molecule has 6 heteroatoms. The number of benzene rings is 2. The third kappa shape index (κ3) is 5.06. The predicted molar refractivity (Wildman–Crippen MR) is 116 cm³/mol. The van der Waals surface area contributed by atoms with Gasteiger partial charge >= 0.3 is 5.97 Å². The van der Waals surface area contributed by atoms with Crippen molar-refractivity contribution in [3.05, 3.63) is 65.6 Å². The molecule has 0 saturated heterocycles. The van der Waals surface area contributed by atoms with Crippen molar-refractivity contribution in [3.8, 4) is 0 Å². The Bertz CT molecular complexity index is 1080. The average Bonchev–Trinajstić information content (AvgIpc) is 3.00. The lowest BCUT2D eigenvalue weighted by molar-refractivity contribution is -0.117. The Morgan fingerprint density at radius 1 is 1.10 bits per heavy atom. The number of nitrogens with one attached hydrogen (secondary N) is 1. The van der Waals surface area contributed by atoms with Gasteiger partial charge in [0.1, 0.15) is 11.5 Å². The Kier molecular flexibility index (Phi) is 6.25. The second-order valence-corrected chi connectivity index (χ2v) is 8.49. The molecule has 0 aliphatic carbocycles. The molecule has 5 nitrogen and oxygen atoms in total. The fraction of sp³-hybridized carbons (Fsp3) is 0.333. The molecule has 0 aliphatic rings. The van der Waals surface area contributed by atoms with E-state index in [0.717, 1.165) is 10.9 Å². The highest BCUT2D eigenvalue weighted by atomic mass is 19.1. The summed E-state index contributed by atoms with van der Waals surface area (Å²) in [5.41, 5.74) is 2.11. The number of hydrogen-bond donors (Lipinski definition) is 1. The van der Waals surface area contributed by atoms with Crippen molar-refractivity contribution in [1.29, 1.82) is 0 Å². The summed E-state index contributed by atoms with van der Waals surface area (Å²) >= 11 is 0. The Labute approximate surface area is 175 Å². The van der Waals surface area contributed by atoms with Crippen LogP contribution < -0.4 is 5.32 Å². The highest BCUT2D eigenvalue weighted by Gasteiger charge is 2.19. The lowest BCUT2D eigenvalue weighted by Gasteiger charge is -2.17. The first-order valence-corrected chi connectivity index (χ1v) is 10.0. The molecule has 1 heterocycles. The van der Waals surface area contributed by atoms with Crippen LogP contribution in [0.1, 0.15) is 50.2 Å². The van der Waals surface area contributed by atoms with E-state index in [9.17, 15) is 14.0 Å². The van der Waals surface area contributed by atoms with Crippen molar-refractivity contribution >= 4 is 28.5 Å². The van der Waals surface area contributed by atoms with Gasteiger partial charge in [-0.3, -0.25) is 4.79 Å². The summed E-state index contributed by atoms with van der Waals surface area (Å²) < 4.78 is 21.2. The maximum absolute atomic E-state index is 14.2. The SMILES string of the molecule is CCOC(=O)c1cc2cc(NC(=O)CC(C)(C)C)ccc2n1Cc1ccccc1F. The van der Waals surface area contributed by atoms with Crippen LogP contribution >= 0.6 is 0 Å². The smallest absolute Gasteiger partial charge is 0.354 e. The van der Waals surface area contributed by atoms with E-state index in [2.05, 4.69) is 5.32 Å². The van der Waals surface area contributed by atoms with Gasteiger partial charge in [-0.15, -0.1) is 0 Å². The fourth-order valence-corrected chi connectivity index (χ4v) is 3.38. The minimum absolute atomic E-state index is 0.0711. The Morgan fingerprint density at radius 2 is 1.83 bits per heavy atom. The zero-order chi connectivity index (χ0) is 21.9. The molecule has 30 heavy (non-hydrogen) atoms. The molecule has 0 saturated carbocycles. The van der Waals surface area contributed by atoms with Crippen molar-refractivity contribution in [2.45, 2.75) is 40.7 Å². The van der Waals surface area contributed by atoms with E-state index in [1.54, 1.807) is 41.8 Å². The standard InChI is InChI=1S/C24H27FN2O3/c1-5-30-23(29)21-13-17-12-18(26-22(28)14-24(2,3)4)10-11-20(17)27(21)15-16-8-6-7-9-19(16)25/h6-13H,5,14-15H2,1-4H3,(H,26,28). The van der Waals surface area contributed by atoms with E-state index in [1.165, 1.54) is 6.07 Å². The highest BCUT2D eigenvalue weighted by Crippen LogP contribution is 2.27. The van der Waals surface area contributed by atoms with Gasteiger partial charge in [0.15, 0.2) is 0 Å². The summed E-state index contributed by atoms with van der Waals surface area (Å²) in [4.78, 5) is 24.8. The quantitative estimate of drug-likeness (QED) is 0.555. The maximum Gasteiger partial charge on any atom is 0.354 e. The minimum atomic E-state index is -0.469. The van der Waals surface area contributed by atoms with Crippen LogP contribution in [0.5, 0.6) is 0 Å². The van der Waals surface area contributed by atoms with E-state index in [4.69, 9.17) is 4.74 Å². The number of ether oxygens (including phenoxy) is 1. The second kappa shape index (κ2) is 8.69. The largest absolute Gasteiger partial charge is 0.461 e. The van der Waals surface area contributed by atoms with Crippen LogP contribution in [0.4, 0.5) is 10.1 Å². The number of amides is 1. The highest BCUT2D eigenvalue weighted by molar-refractivity contribution is 5.98. The zero-order valence-corrected chi connectivity index (χ0v) is 17.8. The molecular formula is C24H27FN2O3. The van der Waals surface area contributed by atoms with Crippen LogP contribution in [0.25, 0.3) is 10.9 Å². The Hall–Kier alpha value is -3.15. The number of nitrogens with zero attached hydrogens (tertiary/aromatic N) is 1. The van der Waals surface area contributed by atoms with E-state index in [1.807, 2.05) is 32.9 Å².